The van der Waals surface area contributed by atoms with Crippen LogP contribution in [0.5, 0.6) is 11.5 Å². The van der Waals surface area contributed by atoms with Gasteiger partial charge in [0.2, 0.25) is 5.12 Å². The molecule has 0 saturated heterocycles. The molecule has 1 aliphatic rings. The Balaban J connectivity index is 2.36. The fraction of sp³-hybridized carbons (Fsp3) is 0.286. The third kappa shape index (κ3) is 3.37. The Bertz CT molecular complexity index is 582. The van der Waals surface area contributed by atoms with Crippen LogP contribution in [0.2, 0.25) is 0 Å². The standard InChI is InChI=1S/C14H15NO3S2/c1-4-19-14-15-11(13(16)20-14)8-9-7-10(17-2)5-6-12(9)18-3/h5-8H,4H2,1-3H3/b11-8+. The van der Waals surface area contributed by atoms with E-state index in [2.05, 4.69) is 4.99 Å². The molecule has 2 rings (SSSR count). The summed E-state index contributed by atoms with van der Waals surface area (Å²) < 4.78 is 11.3. The summed E-state index contributed by atoms with van der Waals surface area (Å²) in [6.45, 7) is 2.03. The van der Waals surface area contributed by atoms with Gasteiger partial charge in [0.1, 0.15) is 21.6 Å². The van der Waals surface area contributed by atoms with Gasteiger partial charge in [0.15, 0.2) is 0 Å². The van der Waals surface area contributed by atoms with Crippen LogP contribution in [0.3, 0.4) is 0 Å². The van der Waals surface area contributed by atoms with Crippen molar-refractivity contribution < 1.29 is 14.3 Å². The summed E-state index contributed by atoms with van der Waals surface area (Å²) in [6, 6.07) is 5.45. The fourth-order valence-electron chi connectivity index (χ4n) is 1.67. The monoisotopic (exact) mass is 309 g/mol. The van der Waals surface area contributed by atoms with Crippen LogP contribution in [0.4, 0.5) is 0 Å². The van der Waals surface area contributed by atoms with Gasteiger partial charge in [-0.3, -0.25) is 4.79 Å². The Morgan fingerprint density at radius 3 is 2.80 bits per heavy atom. The number of carbonyl (C=O) groups is 1. The topological polar surface area (TPSA) is 47.9 Å². The number of ether oxygens (including phenoxy) is 2. The molecule has 1 aromatic carbocycles. The van der Waals surface area contributed by atoms with Crippen molar-refractivity contribution >= 4 is 39.1 Å². The third-order valence-electron chi connectivity index (χ3n) is 2.60. The van der Waals surface area contributed by atoms with Crippen molar-refractivity contribution in [1.29, 1.82) is 0 Å². The minimum Gasteiger partial charge on any atom is -0.497 e. The lowest BCUT2D eigenvalue weighted by molar-refractivity contribution is -0.107. The number of hydrogen-bond donors (Lipinski definition) is 0. The molecule has 0 fully saturated rings. The van der Waals surface area contributed by atoms with E-state index < -0.39 is 0 Å². The zero-order chi connectivity index (χ0) is 14.5. The van der Waals surface area contributed by atoms with Gasteiger partial charge >= 0.3 is 0 Å². The molecule has 0 saturated carbocycles. The van der Waals surface area contributed by atoms with E-state index in [1.54, 1.807) is 32.1 Å². The van der Waals surface area contributed by atoms with Crippen molar-refractivity contribution in [1.82, 2.24) is 0 Å². The molecule has 0 bridgehead atoms. The van der Waals surface area contributed by atoms with Crippen molar-refractivity contribution in [2.75, 3.05) is 20.0 Å². The average molecular weight is 309 g/mol. The first-order valence-electron chi connectivity index (χ1n) is 6.05. The van der Waals surface area contributed by atoms with E-state index >= 15 is 0 Å². The van der Waals surface area contributed by atoms with Crippen molar-refractivity contribution in [3.05, 3.63) is 29.5 Å². The van der Waals surface area contributed by atoms with Crippen molar-refractivity contribution in [2.24, 2.45) is 4.99 Å². The average Bonchev–Trinajstić information content (AvgIpc) is 2.79. The molecule has 1 heterocycles. The lowest BCUT2D eigenvalue weighted by Crippen LogP contribution is -1.92. The quantitative estimate of drug-likeness (QED) is 0.798. The summed E-state index contributed by atoms with van der Waals surface area (Å²) in [6.07, 6.45) is 1.74. The summed E-state index contributed by atoms with van der Waals surface area (Å²) in [4.78, 5) is 16.3. The molecule has 0 amide bonds. The van der Waals surface area contributed by atoms with Gasteiger partial charge in [-0.05, 0) is 41.8 Å². The SMILES string of the molecule is CCSC1=N/C(=C/c2cc(OC)ccc2OC)C(=O)S1. The molecule has 0 spiro atoms. The van der Waals surface area contributed by atoms with E-state index in [1.165, 1.54) is 11.8 Å². The highest BCUT2D eigenvalue weighted by atomic mass is 32.2. The fourth-order valence-corrected chi connectivity index (χ4v) is 3.41. The van der Waals surface area contributed by atoms with Crippen molar-refractivity contribution in [3.63, 3.8) is 0 Å². The number of thioether (sulfide) groups is 2. The zero-order valence-electron chi connectivity index (χ0n) is 11.5. The van der Waals surface area contributed by atoms with Gasteiger partial charge in [-0.15, -0.1) is 0 Å². The number of benzene rings is 1. The second kappa shape index (κ2) is 6.85. The van der Waals surface area contributed by atoms with Gasteiger partial charge in [-0.1, -0.05) is 18.7 Å². The highest BCUT2D eigenvalue weighted by Crippen LogP contribution is 2.33. The van der Waals surface area contributed by atoms with Gasteiger partial charge in [0, 0.05) is 5.56 Å². The predicted octanol–water partition coefficient (Wildman–Crippen LogP) is 3.43. The molecule has 1 aliphatic heterocycles. The molecule has 0 atom stereocenters. The van der Waals surface area contributed by atoms with E-state index in [0.29, 0.717) is 17.2 Å². The summed E-state index contributed by atoms with van der Waals surface area (Å²) in [5.74, 6) is 2.29. The van der Waals surface area contributed by atoms with E-state index in [9.17, 15) is 4.79 Å². The van der Waals surface area contributed by atoms with Gasteiger partial charge in [0.05, 0.1) is 14.2 Å². The number of methoxy groups -OCH3 is 2. The third-order valence-corrected chi connectivity index (χ3v) is 4.49. The van der Waals surface area contributed by atoms with Gasteiger partial charge < -0.3 is 9.47 Å². The van der Waals surface area contributed by atoms with E-state index in [-0.39, 0.29) is 5.12 Å². The van der Waals surface area contributed by atoms with Gasteiger partial charge in [-0.25, -0.2) is 4.99 Å². The van der Waals surface area contributed by atoms with E-state index in [1.807, 2.05) is 25.1 Å². The maximum Gasteiger partial charge on any atom is 0.244 e. The largest absolute Gasteiger partial charge is 0.497 e. The molecule has 0 unspecified atom stereocenters. The second-order valence-electron chi connectivity index (χ2n) is 3.84. The second-order valence-corrected chi connectivity index (χ2v) is 6.31. The zero-order valence-corrected chi connectivity index (χ0v) is 13.1. The van der Waals surface area contributed by atoms with Crippen molar-refractivity contribution in [3.8, 4) is 11.5 Å². The molecule has 106 valence electrons. The number of carbonyl (C=O) groups excluding carboxylic acids is 1. The first-order chi connectivity index (χ1) is 9.67. The molecule has 0 N–H and O–H groups in total. The smallest absolute Gasteiger partial charge is 0.244 e. The molecule has 6 heteroatoms. The summed E-state index contributed by atoms with van der Waals surface area (Å²) >= 11 is 2.74. The lowest BCUT2D eigenvalue weighted by Gasteiger charge is -2.07. The van der Waals surface area contributed by atoms with Crippen molar-refractivity contribution in [2.45, 2.75) is 6.92 Å². The first-order valence-corrected chi connectivity index (χ1v) is 7.85. The highest BCUT2D eigenvalue weighted by Gasteiger charge is 2.22. The number of rotatable bonds is 4. The van der Waals surface area contributed by atoms with Gasteiger partial charge in [-0.2, -0.15) is 0 Å². The Morgan fingerprint density at radius 2 is 2.15 bits per heavy atom. The normalized spacial score (nSPS) is 16.4. The Labute approximate surface area is 126 Å². The van der Waals surface area contributed by atoms with Crippen LogP contribution in [-0.4, -0.2) is 29.5 Å². The van der Waals surface area contributed by atoms with Crippen LogP contribution in [0.15, 0.2) is 28.9 Å². The van der Waals surface area contributed by atoms with Crippen LogP contribution in [0, 0.1) is 0 Å². The highest BCUT2D eigenvalue weighted by molar-refractivity contribution is 8.45. The first kappa shape index (κ1) is 15.0. The summed E-state index contributed by atoms with van der Waals surface area (Å²) in [5.41, 5.74) is 1.22. The van der Waals surface area contributed by atoms with Crippen LogP contribution in [0.25, 0.3) is 6.08 Å². The molecular formula is C14H15NO3S2. The minimum absolute atomic E-state index is 0.0363. The number of nitrogens with zero attached hydrogens (tertiary/aromatic N) is 1. The summed E-state index contributed by atoms with van der Waals surface area (Å²) in [7, 11) is 3.19. The number of hydrogen-bond acceptors (Lipinski definition) is 6. The molecule has 20 heavy (non-hydrogen) atoms. The lowest BCUT2D eigenvalue weighted by atomic mass is 10.1. The van der Waals surface area contributed by atoms with Crippen LogP contribution in [0.1, 0.15) is 12.5 Å². The molecule has 0 aromatic heterocycles. The minimum atomic E-state index is -0.0363. The predicted molar refractivity (Wildman–Crippen MR) is 85.7 cm³/mol. The maximum atomic E-state index is 11.9. The molecule has 0 radical (unpaired) electrons. The molecule has 4 nitrogen and oxygen atoms in total. The Morgan fingerprint density at radius 1 is 1.35 bits per heavy atom. The molecule has 1 aromatic rings. The summed E-state index contributed by atoms with van der Waals surface area (Å²) in [5, 5.41) is -0.0363. The molecular weight excluding hydrogens is 294 g/mol. The van der Waals surface area contributed by atoms with Crippen LogP contribution >= 0.6 is 23.5 Å². The Kier molecular flexibility index (Phi) is 5.14. The van der Waals surface area contributed by atoms with E-state index in [0.717, 1.165) is 15.7 Å². The van der Waals surface area contributed by atoms with Crippen LogP contribution in [-0.2, 0) is 4.79 Å². The Hall–Kier alpha value is -1.40. The van der Waals surface area contributed by atoms with Gasteiger partial charge in [0.25, 0.3) is 0 Å². The van der Waals surface area contributed by atoms with Crippen LogP contribution < -0.4 is 9.47 Å². The molecule has 0 aliphatic carbocycles. The number of aliphatic imine (C=N–C) groups is 1. The van der Waals surface area contributed by atoms with E-state index in [4.69, 9.17) is 9.47 Å². The maximum absolute atomic E-state index is 11.9.